The SMILES string of the molecule is COc1ccccc1OCC(CN)c1cccn1C. The number of ether oxygens (including phenoxy) is 2. The molecule has 0 aliphatic rings. The molecule has 1 unspecified atom stereocenters. The largest absolute Gasteiger partial charge is 0.493 e. The van der Waals surface area contributed by atoms with E-state index in [4.69, 9.17) is 15.2 Å². The summed E-state index contributed by atoms with van der Waals surface area (Å²) in [5.74, 6) is 1.66. The molecule has 0 spiro atoms. The third kappa shape index (κ3) is 3.09. The van der Waals surface area contributed by atoms with Gasteiger partial charge in [-0.05, 0) is 24.3 Å². The summed E-state index contributed by atoms with van der Waals surface area (Å²) in [5.41, 5.74) is 7.02. The maximum atomic E-state index is 5.84. The average Bonchev–Trinajstić information content (AvgIpc) is 2.86. The number of aromatic nitrogens is 1. The van der Waals surface area contributed by atoms with Crippen molar-refractivity contribution < 1.29 is 9.47 Å². The minimum atomic E-state index is 0.171. The molecule has 4 heteroatoms. The van der Waals surface area contributed by atoms with Crippen LogP contribution in [0.5, 0.6) is 11.5 Å². The molecule has 0 aliphatic carbocycles. The molecule has 0 saturated carbocycles. The van der Waals surface area contributed by atoms with E-state index < -0.39 is 0 Å². The van der Waals surface area contributed by atoms with Crippen LogP contribution in [0.15, 0.2) is 42.6 Å². The Kier molecular flexibility index (Phi) is 4.47. The van der Waals surface area contributed by atoms with E-state index in [1.54, 1.807) is 7.11 Å². The summed E-state index contributed by atoms with van der Waals surface area (Å²) in [4.78, 5) is 0. The zero-order valence-electron chi connectivity index (χ0n) is 11.4. The summed E-state index contributed by atoms with van der Waals surface area (Å²) in [6.07, 6.45) is 2.01. The molecule has 0 saturated heterocycles. The molecular weight excluding hydrogens is 240 g/mol. The normalized spacial score (nSPS) is 12.2. The first-order chi connectivity index (χ1) is 9.26. The van der Waals surface area contributed by atoms with Crippen molar-refractivity contribution in [2.75, 3.05) is 20.3 Å². The Hall–Kier alpha value is -1.94. The number of para-hydroxylation sites is 2. The van der Waals surface area contributed by atoms with Crippen molar-refractivity contribution in [3.05, 3.63) is 48.3 Å². The van der Waals surface area contributed by atoms with Gasteiger partial charge in [-0.2, -0.15) is 0 Å². The van der Waals surface area contributed by atoms with E-state index >= 15 is 0 Å². The summed E-state index contributed by atoms with van der Waals surface area (Å²) in [6.45, 7) is 1.09. The van der Waals surface area contributed by atoms with E-state index in [-0.39, 0.29) is 5.92 Å². The number of hydrogen-bond acceptors (Lipinski definition) is 3. The molecule has 19 heavy (non-hydrogen) atoms. The Labute approximate surface area is 113 Å². The maximum absolute atomic E-state index is 5.84. The second-order valence-corrected chi connectivity index (χ2v) is 4.44. The Morgan fingerprint density at radius 1 is 1.16 bits per heavy atom. The summed E-state index contributed by atoms with van der Waals surface area (Å²) >= 11 is 0. The van der Waals surface area contributed by atoms with Crippen molar-refractivity contribution in [3.63, 3.8) is 0 Å². The second kappa shape index (κ2) is 6.29. The standard InChI is InChI=1S/C15H20N2O2/c1-17-9-5-6-13(17)12(10-16)11-19-15-8-4-3-7-14(15)18-2/h3-9,12H,10-11,16H2,1-2H3. The van der Waals surface area contributed by atoms with Crippen LogP contribution in [0.4, 0.5) is 0 Å². The first kappa shape index (κ1) is 13.5. The van der Waals surface area contributed by atoms with Gasteiger partial charge < -0.3 is 19.8 Å². The van der Waals surface area contributed by atoms with Crippen LogP contribution in [-0.4, -0.2) is 24.8 Å². The zero-order valence-corrected chi connectivity index (χ0v) is 11.4. The third-order valence-corrected chi connectivity index (χ3v) is 3.20. The first-order valence-electron chi connectivity index (χ1n) is 6.33. The molecule has 1 aromatic carbocycles. The minimum Gasteiger partial charge on any atom is -0.493 e. The molecule has 0 fully saturated rings. The van der Waals surface area contributed by atoms with Crippen LogP contribution in [0.1, 0.15) is 11.6 Å². The van der Waals surface area contributed by atoms with Crippen molar-refractivity contribution in [1.29, 1.82) is 0 Å². The van der Waals surface area contributed by atoms with E-state index in [1.807, 2.05) is 43.6 Å². The molecule has 0 bridgehead atoms. The van der Waals surface area contributed by atoms with Crippen LogP contribution in [0.2, 0.25) is 0 Å². The van der Waals surface area contributed by atoms with Gasteiger partial charge in [0.25, 0.3) is 0 Å². The fraction of sp³-hybridized carbons (Fsp3) is 0.333. The summed E-state index contributed by atoms with van der Waals surface area (Å²) in [5, 5.41) is 0. The van der Waals surface area contributed by atoms with Gasteiger partial charge >= 0.3 is 0 Å². The molecule has 2 rings (SSSR count). The predicted molar refractivity (Wildman–Crippen MR) is 75.7 cm³/mol. The fourth-order valence-corrected chi connectivity index (χ4v) is 2.10. The smallest absolute Gasteiger partial charge is 0.161 e. The number of nitrogens with two attached hydrogens (primary N) is 1. The lowest BCUT2D eigenvalue weighted by molar-refractivity contribution is 0.270. The highest BCUT2D eigenvalue weighted by atomic mass is 16.5. The van der Waals surface area contributed by atoms with Crippen molar-refractivity contribution in [2.24, 2.45) is 12.8 Å². The molecule has 0 amide bonds. The van der Waals surface area contributed by atoms with E-state index in [1.165, 1.54) is 5.69 Å². The number of hydrogen-bond donors (Lipinski definition) is 1. The monoisotopic (exact) mass is 260 g/mol. The Balaban J connectivity index is 2.06. The lowest BCUT2D eigenvalue weighted by Gasteiger charge is -2.18. The van der Waals surface area contributed by atoms with Crippen LogP contribution in [0.3, 0.4) is 0 Å². The van der Waals surface area contributed by atoms with Gasteiger partial charge in [-0.15, -0.1) is 0 Å². The van der Waals surface area contributed by atoms with Gasteiger partial charge in [0.15, 0.2) is 11.5 Å². The number of aryl methyl sites for hydroxylation is 1. The quantitative estimate of drug-likeness (QED) is 0.866. The predicted octanol–water partition coefficient (Wildman–Crippen LogP) is 2.16. The van der Waals surface area contributed by atoms with Crippen LogP contribution >= 0.6 is 0 Å². The molecule has 102 valence electrons. The van der Waals surface area contributed by atoms with Gasteiger partial charge in [0.2, 0.25) is 0 Å². The van der Waals surface area contributed by atoms with Crippen LogP contribution in [0, 0.1) is 0 Å². The first-order valence-corrected chi connectivity index (χ1v) is 6.33. The highest BCUT2D eigenvalue weighted by Crippen LogP contribution is 2.27. The van der Waals surface area contributed by atoms with Gasteiger partial charge in [-0.1, -0.05) is 12.1 Å². The molecule has 4 nitrogen and oxygen atoms in total. The number of rotatable bonds is 6. The van der Waals surface area contributed by atoms with E-state index in [0.29, 0.717) is 13.2 Å². The maximum Gasteiger partial charge on any atom is 0.161 e. The van der Waals surface area contributed by atoms with Crippen LogP contribution in [0.25, 0.3) is 0 Å². The fourth-order valence-electron chi connectivity index (χ4n) is 2.10. The summed E-state index contributed by atoms with van der Waals surface area (Å²) in [6, 6.07) is 11.7. The van der Waals surface area contributed by atoms with Crippen molar-refractivity contribution in [2.45, 2.75) is 5.92 Å². The van der Waals surface area contributed by atoms with E-state index in [0.717, 1.165) is 11.5 Å². The molecule has 0 aliphatic heterocycles. The Morgan fingerprint density at radius 3 is 2.47 bits per heavy atom. The molecule has 2 N–H and O–H groups in total. The van der Waals surface area contributed by atoms with Crippen molar-refractivity contribution >= 4 is 0 Å². The Morgan fingerprint density at radius 2 is 1.89 bits per heavy atom. The van der Waals surface area contributed by atoms with Crippen molar-refractivity contribution in [3.8, 4) is 11.5 Å². The number of nitrogens with zero attached hydrogens (tertiary/aromatic N) is 1. The summed E-state index contributed by atoms with van der Waals surface area (Å²) in [7, 11) is 3.65. The number of methoxy groups -OCH3 is 1. The van der Waals surface area contributed by atoms with Crippen LogP contribution < -0.4 is 15.2 Å². The highest BCUT2D eigenvalue weighted by Gasteiger charge is 2.14. The average molecular weight is 260 g/mol. The van der Waals surface area contributed by atoms with Gasteiger partial charge in [0.05, 0.1) is 13.7 Å². The third-order valence-electron chi connectivity index (χ3n) is 3.20. The van der Waals surface area contributed by atoms with Gasteiger partial charge in [0, 0.05) is 31.4 Å². The minimum absolute atomic E-state index is 0.171. The zero-order chi connectivity index (χ0) is 13.7. The van der Waals surface area contributed by atoms with Gasteiger partial charge in [0.1, 0.15) is 0 Å². The van der Waals surface area contributed by atoms with Gasteiger partial charge in [-0.25, -0.2) is 0 Å². The van der Waals surface area contributed by atoms with Gasteiger partial charge in [-0.3, -0.25) is 0 Å². The Bertz CT molecular complexity index is 522. The molecule has 1 atom stereocenters. The second-order valence-electron chi connectivity index (χ2n) is 4.44. The molecule has 1 heterocycles. The number of benzene rings is 1. The summed E-state index contributed by atoms with van der Waals surface area (Å²) < 4.78 is 13.2. The molecular formula is C15H20N2O2. The van der Waals surface area contributed by atoms with Crippen LogP contribution in [-0.2, 0) is 7.05 Å². The van der Waals surface area contributed by atoms with Crippen molar-refractivity contribution in [1.82, 2.24) is 4.57 Å². The molecule has 2 aromatic rings. The van der Waals surface area contributed by atoms with E-state index in [2.05, 4.69) is 10.6 Å². The lowest BCUT2D eigenvalue weighted by Crippen LogP contribution is -2.21. The molecule has 1 aromatic heterocycles. The highest BCUT2D eigenvalue weighted by molar-refractivity contribution is 5.39. The topological polar surface area (TPSA) is 49.4 Å². The van der Waals surface area contributed by atoms with E-state index in [9.17, 15) is 0 Å². The molecule has 0 radical (unpaired) electrons. The lowest BCUT2D eigenvalue weighted by atomic mass is 10.1.